The third-order valence-corrected chi connectivity index (χ3v) is 2.64. The zero-order valence-electron chi connectivity index (χ0n) is 9.08. The van der Waals surface area contributed by atoms with Crippen LogP contribution in [0.5, 0.6) is 0 Å². The largest absolute Gasteiger partial charge is 0.226 e. The van der Waals surface area contributed by atoms with Crippen LogP contribution in [0, 0.1) is 0 Å². The first-order valence-electron chi connectivity index (χ1n) is 4.91. The second-order valence-electron chi connectivity index (χ2n) is 4.61. The Balaban J connectivity index is 2.83. The van der Waals surface area contributed by atoms with Crippen molar-refractivity contribution in [1.29, 1.82) is 0 Å². The van der Waals surface area contributed by atoms with Crippen molar-refractivity contribution in [2.45, 2.75) is 26.2 Å². The molecule has 0 aliphatic heterocycles. The van der Waals surface area contributed by atoms with Crippen molar-refractivity contribution in [2.75, 3.05) is 0 Å². The van der Waals surface area contributed by atoms with Gasteiger partial charge < -0.3 is 0 Å². The summed E-state index contributed by atoms with van der Waals surface area (Å²) >= 11 is 3.35. The minimum atomic E-state index is 0.0328. The van der Waals surface area contributed by atoms with E-state index in [2.05, 4.69) is 52.7 Å². The number of nitrogens with zero attached hydrogens (tertiary/aromatic N) is 2. The molecular weight excluding hydrogens is 252 g/mol. The number of hydrogen-bond donors (Lipinski definition) is 0. The van der Waals surface area contributed by atoms with Crippen LogP contribution in [0.3, 0.4) is 0 Å². The van der Waals surface area contributed by atoms with E-state index < -0.39 is 0 Å². The van der Waals surface area contributed by atoms with Crippen LogP contribution < -0.4 is 0 Å². The maximum atomic E-state index is 4.48. The Labute approximate surface area is 97.9 Å². The molecule has 78 valence electrons. The second kappa shape index (κ2) is 3.56. The maximum Gasteiger partial charge on any atom is 0.197 e. The van der Waals surface area contributed by atoms with Crippen LogP contribution in [-0.2, 0) is 5.41 Å². The average molecular weight is 265 g/mol. The predicted octanol–water partition coefficient (Wildman–Crippen LogP) is 3.69. The van der Waals surface area contributed by atoms with Gasteiger partial charge in [0.15, 0.2) is 4.73 Å². The minimum Gasteiger partial charge on any atom is -0.226 e. The van der Waals surface area contributed by atoms with Crippen molar-refractivity contribution in [3.63, 3.8) is 0 Å². The van der Waals surface area contributed by atoms with Crippen LogP contribution in [-0.4, -0.2) is 9.97 Å². The van der Waals surface area contributed by atoms with Gasteiger partial charge >= 0.3 is 0 Å². The van der Waals surface area contributed by atoms with Crippen LogP contribution in [0.15, 0.2) is 29.0 Å². The summed E-state index contributed by atoms with van der Waals surface area (Å²) in [5.74, 6) is 0. The highest BCUT2D eigenvalue weighted by Gasteiger charge is 2.19. The van der Waals surface area contributed by atoms with Gasteiger partial charge in [-0.3, -0.25) is 0 Å². The number of para-hydroxylation sites is 1. The first-order chi connectivity index (χ1) is 6.98. The van der Waals surface area contributed by atoms with Crippen LogP contribution in [0.1, 0.15) is 26.5 Å². The van der Waals surface area contributed by atoms with Crippen molar-refractivity contribution in [2.24, 2.45) is 0 Å². The molecule has 0 unspecified atom stereocenters. The Bertz CT molecular complexity index is 500. The standard InChI is InChI=1S/C12H13BrN2/c1-12(2,3)10-8-6-4-5-7-9(8)14-11(13)15-10/h4-7H,1-3H3. The summed E-state index contributed by atoms with van der Waals surface area (Å²) in [5, 5.41) is 1.13. The number of fused-ring (bicyclic) bond motifs is 1. The van der Waals surface area contributed by atoms with Gasteiger partial charge in [-0.15, -0.1) is 0 Å². The number of halogens is 1. The third-order valence-electron chi connectivity index (χ3n) is 2.29. The number of rotatable bonds is 0. The molecule has 0 aliphatic carbocycles. The van der Waals surface area contributed by atoms with E-state index in [1.807, 2.05) is 18.2 Å². The van der Waals surface area contributed by atoms with Gasteiger partial charge in [0.05, 0.1) is 11.2 Å². The molecule has 1 heterocycles. The normalized spacial score (nSPS) is 12.0. The Morgan fingerprint density at radius 3 is 2.40 bits per heavy atom. The minimum absolute atomic E-state index is 0.0328. The fraction of sp³-hybridized carbons (Fsp3) is 0.333. The van der Waals surface area contributed by atoms with E-state index in [1.54, 1.807) is 0 Å². The molecule has 2 rings (SSSR count). The van der Waals surface area contributed by atoms with E-state index in [4.69, 9.17) is 0 Å². The lowest BCUT2D eigenvalue weighted by Crippen LogP contribution is -2.14. The van der Waals surface area contributed by atoms with Crippen molar-refractivity contribution >= 4 is 26.8 Å². The molecule has 0 saturated heterocycles. The molecule has 0 spiro atoms. The summed E-state index contributed by atoms with van der Waals surface area (Å²) in [6, 6.07) is 8.10. The number of hydrogen-bond acceptors (Lipinski definition) is 2. The van der Waals surface area contributed by atoms with Crippen LogP contribution in [0.25, 0.3) is 10.9 Å². The lowest BCUT2D eigenvalue weighted by molar-refractivity contribution is 0.572. The highest BCUT2D eigenvalue weighted by atomic mass is 79.9. The summed E-state index contributed by atoms with van der Waals surface area (Å²) in [5.41, 5.74) is 2.11. The van der Waals surface area contributed by atoms with E-state index in [0.717, 1.165) is 16.6 Å². The monoisotopic (exact) mass is 264 g/mol. The summed E-state index contributed by atoms with van der Waals surface area (Å²) in [6.07, 6.45) is 0. The van der Waals surface area contributed by atoms with E-state index in [1.165, 1.54) is 0 Å². The zero-order valence-corrected chi connectivity index (χ0v) is 10.7. The molecule has 1 aromatic heterocycles. The van der Waals surface area contributed by atoms with Crippen molar-refractivity contribution in [1.82, 2.24) is 9.97 Å². The van der Waals surface area contributed by atoms with Gasteiger partial charge in [-0.1, -0.05) is 39.0 Å². The lowest BCUT2D eigenvalue weighted by atomic mass is 9.89. The van der Waals surface area contributed by atoms with Gasteiger partial charge in [-0.2, -0.15) is 0 Å². The summed E-state index contributed by atoms with van der Waals surface area (Å²) in [4.78, 5) is 8.83. The van der Waals surface area contributed by atoms with E-state index in [-0.39, 0.29) is 5.41 Å². The topological polar surface area (TPSA) is 25.8 Å². The van der Waals surface area contributed by atoms with Crippen LogP contribution in [0.4, 0.5) is 0 Å². The van der Waals surface area contributed by atoms with Gasteiger partial charge in [-0.05, 0) is 22.0 Å². The Hall–Kier alpha value is -0.960. The molecule has 0 fully saturated rings. The summed E-state index contributed by atoms with van der Waals surface area (Å²) in [6.45, 7) is 6.48. The first-order valence-corrected chi connectivity index (χ1v) is 5.70. The fourth-order valence-corrected chi connectivity index (χ4v) is 1.99. The maximum absolute atomic E-state index is 4.48. The number of aromatic nitrogens is 2. The van der Waals surface area contributed by atoms with Gasteiger partial charge in [-0.25, -0.2) is 9.97 Å². The summed E-state index contributed by atoms with van der Waals surface area (Å²) < 4.78 is 0.658. The number of benzene rings is 1. The van der Waals surface area contributed by atoms with Gasteiger partial charge in [0.25, 0.3) is 0 Å². The molecule has 0 amide bonds. The van der Waals surface area contributed by atoms with Gasteiger partial charge in [0, 0.05) is 10.8 Å². The zero-order chi connectivity index (χ0) is 11.1. The highest BCUT2D eigenvalue weighted by molar-refractivity contribution is 9.10. The fourth-order valence-electron chi connectivity index (χ4n) is 1.62. The molecule has 0 N–H and O–H groups in total. The Morgan fingerprint density at radius 2 is 1.73 bits per heavy atom. The SMILES string of the molecule is CC(C)(C)c1nc(Br)nc2ccccc12. The second-order valence-corrected chi connectivity index (χ2v) is 5.32. The van der Waals surface area contributed by atoms with E-state index >= 15 is 0 Å². The predicted molar refractivity (Wildman–Crippen MR) is 65.9 cm³/mol. The molecule has 2 nitrogen and oxygen atoms in total. The Kier molecular flexibility index (Phi) is 2.51. The average Bonchev–Trinajstić information content (AvgIpc) is 2.15. The van der Waals surface area contributed by atoms with Crippen LogP contribution in [0.2, 0.25) is 0 Å². The molecule has 3 heteroatoms. The van der Waals surface area contributed by atoms with E-state index in [0.29, 0.717) is 4.73 Å². The molecule has 0 bridgehead atoms. The quantitative estimate of drug-likeness (QED) is 0.679. The smallest absolute Gasteiger partial charge is 0.197 e. The van der Waals surface area contributed by atoms with Crippen molar-refractivity contribution in [3.05, 3.63) is 34.7 Å². The Morgan fingerprint density at radius 1 is 1.07 bits per heavy atom. The van der Waals surface area contributed by atoms with Crippen LogP contribution >= 0.6 is 15.9 Å². The van der Waals surface area contributed by atoms with Gasteiger partial charge in [0.1, 0.15) is 0 Å². The molecule has 1 aromatic carbocycles. The van der Waals surface area contributed by atoms with Gasteiger partial charge in [0.2, 0.25) is 0 Å². The lowest BCUT2D eigenvalue weighted by Gasteiger charge is -2.19. The molecular formula is C12H13BrN2. The first kappa shape index (κ1) is 10.6. The molecule has 0 aliphatic rings. The molecule has 0 saturated carbocycles. The molecule has 2 aromatic rings. The molecule has 0 radical (unpaired) electrons. The highest BCUT2D eigenvalue weighted by Crippen LogP contribution is 2.28. The van der Waals surface area contributed by atoms with Crippen molar-refractivity contribution in [3.8, 4) is 0 Å². The third kappa shape index (κ3) is 2.02. The summed E-state index contributed by atoms with van der Waals surface area (Å²) in [7, 11) is 0. The van der Waals surface area contributed by atoms with E-state index in [9.17, 15) is 0 Å². The van der Waals surface area contributed by atoms with Crippen molar-refractivity contribution < 1.29 is 0 Å². The molecule has 15 heavy (non-hydrogen) atoms. The molecule has 0 atom stereocenters.